The lowest BCUT2D eigenvalue weighted by atomic mass is 9.90. The highest BCUT2D eigenvalue weighted by Gasteiger charge is 2.15. The van der Waals surface area contributed by atoms with Gasteiger partial charge in [0.25, 0.3) is 0 Å². The molecule has 2 aromatic heterocycles. The molecule has 0 saturated carbocycles. The maximum atomic E-state index is 6.79. The summed E-state index contributed by atoms with van der Waals surface area (Å²) in [5, 5.41) is 7.20. The number of amidine groups is 1. The third kappa shape index (κ3) is 6.22. The number of rotatable bonds is 8. The number of hydrogen-bond donors (Lipinski definition) is 1. The average Bonchev–Trinajstić information content (AvgIpc) is 3.79. The van der Waals surface area contributed by atoms with Gasteiger partial charge < -0.3 is 14.9 Å². The minimum absolute atomic E-state index is 0.482. The zero-order valence-corrected chi connectivity index (χ0v) is 31.0. The van der Waals surface area contributed by atoms with Crippen molar-refractivity contribution < 1.29 is 0 Å². The number of nitrogens with two attached hydrogens (primary N) is 1. The molecule has 0 atom stereocenters. The molecule has 0 radical (unpaired) electrons. The van der Waals surface area contributed by atoms with Crippen molar-refractivity contribution in [2.45, 2.75) is 26.2 Å². The normalized spacial score (nSPS) is 14.0. The molecule has 4 nitrogen and oxygen atoms in total. The Labute approximate surface area is 321 Å². The molecule has 4 heteroatoms. The molecule has 9 rings (SSSR count). The van der Waals surface area contributed by atoms with E-state index in [0.717, 1.165) is 63.8 Å². The van der Waals surface area contributed by atoms with Crippen LogP contribution in [0.1, 0.15) is 42.0 Å². The van der Waals surface area contributed by atoms with Crippen LogP contribution < -0.4 is 16.3 Å². The second-order valence-corrected chi connectivity index (χ2v) is 14.1. The van der Waals surface area contributed by atoms with Crippen molar-refractivity contribution in [3.63, 3.8) is 0 Å². The van der Waals surface area contributed by atoms with E-state index in [1.807, 2.05) is 12.1 Å². The van der Waals surface area contributed by atoms with Crippen LogP contribution in [0.2, 0.25) is 0 Å². The van der Waals surface area contributed by atoms with Crippen molar-refractivity contribution in [2.75, 3.05) is 0 Å². The number of benzene rings is 6. The summed E-state index contributed by atoms with van der Waals surface area (Å²) in [5.41, 5.74) is 18.0. The highest BCUT2D eigenvalue weighted by Crippen LogP contribution is 2.33. The van der Waals surface area contributed by atoms with Crippen LogP contribution in [0, 0.1) is 0 Å². The Balaban J connectivity index is 1.08. The van der Waals surface area contributed by atoms with E-state index >= 15 is 0 Å². The molecule has 1 aliphatic rings. The van der Waals surface area contributed by atoms with E-state index in [2.05, 4.69) is 187 Å². The first-order valence-electron chi connectivity index (χ1n) is 19.0. The Morgan fingerprint density at radius 1 is 0.745 bits per heavy atom. The van der Waals surface area contributed by atoms with E-state index in [-0.39, 0.29) is 0 Å². The van der Waals surface area contributed by atoms with E-state index in [1.165, 1.54) is 43.5 Å². The van der Waals surface area contributed by atoms with Crippen LogP contribution in [0.15, 0.2) is 176 Å². The van der Waals surface area contributed by atoms with Gasteiger partial charge in [-0.15, -0.1) is 0 Å². The highest BCUT2D eigenvalue weighted by atomic mass is 15.0. The summed E-state index contributed by atoms with van der Waals surface area (Å²) in [6.07, 6.45) is 18.1. The second-order valence-electron chi connectivity index (χ2n) is 14.1. The molecular weight excluding hydrogens is 669 g/mol. The van der Waals surface area contributed by atoms with Crippen LogP contribution in [-0.2, 0) is 6.42 Å². The molecule has 55 heavy (non-hydrogen) atoms. The summed E-state index contributed by atoms with van der Waals surface area (Å²) in [7, 11) is 0. The molecule has 0 fully saturated rings. The maximum Gasteiger partial charge on any atom is 0.131 e. The van der Waals surface area contributed by atoms with Gasteiger partial charge in [0.1, 0.15) is 5.84 Å². The molecule has 0 bridgehead atoms. The van der Waals surface area contributed by atoms with Gasteiger partial charge in [0.2, 0.25) is 0 Å². The quantitative estimate of drug-likeness (QED) is 0.124. The van der Waals surface area contributed by atoms with Gasteiger partial charge in [-0.2, -0.15) is 0 Å². The summed E-state index contributed by atoms with van der Waals surface area (Å²) in [5.74, 6) is 0.482. The van der Waals surface area contributed by atoms with Gasteiger partial charge >= 0.3 is 0 Å². The Bertz CT molecular complexity index is 2970. The second kappa shape index (κ2) is 14.5. The Morgan fingerprint density at radius 3 is 2.31 bits per heavy atom. The number of allylic oxidation sites excluding steroid dienone is 5. The van der Waals surface area contributed by atoms with Crippen LogP contribution in [0.4, 0.5) is 5.69 Å². The largest absolute Gasteiger partial charge is 0.383 e. The Hall–Kier alpha value is -6.91. The molecule has 1 aliphatic carbocycles. The number of hydrogen-bond acceptors (Lipinski definition) is 1. The number of aromatic nitrogens is 2. The van der Waals surface area contributed by atoms with Crippen LogP contribution in [0.5, 0.6) is 0 Å². The molecule has 0 aliphatic heterocycles. The SMILES string of the molecule is C=C/C=c1\c(=C/C)c2cc3ccn(-c4ccccc4)c3cc2n1-c1ccc(C(N)=Nc2ccccc2Cc2ccc(C3=CCCC=C3)c3ccccc23)cc1. The number of fused-ring (bicyclic) bond motifs is 3. The topological polar surface area (TPSA) is 48.2 Å². The lowest BCUT2D eigenvalue weighted by molar-refractivity contribution is 1.04. The first-order chi connectivity index (χ1) is 27.1. The third-order valence-electron chi connectivity index (χ3n) is 10.8. The fourth-order valence-corrected chi connectivity index (χ4v) is 8.16. The smallest absolute Gasteiger partial charge is 0.131 e. The molecule has 0 unspecified atom stereocenters. The van der Waals surface area contributed by atoms with Gasteiger partial charge in [0.15, 0.2) is 0 Å². The van der Waals surface area contributed by atoms with Crippen molar-refractivity contribution in [1.82, 2.24) is 9.13 Å². The van der Waals surface area contributed by atoms with Crippen LogP contribution in [-0.4, -0.2) is 15.0 Å². The molecule has 0 saturated heterocycles. The summed E-state index contributed by atoms with van der Waals surface area (Å²) in [6.45, 7) is 6.16. The molecule has 0 amide bonds. The lowest BCUT2D eigenvalue weighted by Gasteiger charge is -2.15. The minimum atomic E-state index is 0.482. The Morgan fingerprint density at radius 2 is 1.53 bits per heavy atom. The third-order valence-corrected chi connectivity index (χ3v) is 10.8. The van der Waals surface area contributed by atoms with E-state index in [0.29, 0.717) is 5.84 Å². The monoisotopic (exact) mass is 710 g/mol. The molecule has 266 valence electrons. The fourth-order valence-electron chi connectivity index (χ4n) is 8.16. The molecule has 6 aromatic carbocycles. The average molecular weight is 711 g/mol. The summed E-state index contributed by atoms with van der Waals surface area (Å²) in [6, 6.07) is 47.3. The first kappa shape index (κ1) is 33.9. The van der Waals surface area contributed by atoms with Gasteiger partial charge in [-0.05, 0) is 120 Å². The zero-order chi connectivity index (χ0) is 37.3. The number of nitrogens with zero attached hydrogens (tertiary/aromatic N) is 3. The van der Waals surface area contributed by atoms with Gasteiger partial charge in [-0.3, -0.25) is 0 Å². The fraction of sp³-hybridized carbons (Fsp3) is 0.0784. The van der Waals surface area contributed by atoms with Crippen molar-refractivity contribution in [3.8, 4) is 11.4 Å². The van der Waals surface area contributed by atoms with Crippen LogP contribution >= 0.6 is 0 Å². The predicted molar refractivity (Wildman–Crippen MR) is 234 cm³/mol. The zero-order valence-electron chi connectivity index (χ0n) is 31.0. The summed E-state index contributed by atoms with van der Waals surface area (Å²) in [4.78, 5) is 5.02. The van der Waals surface area contributed by atoms with Crippen molar-refractivity contribution in [1.29, 1.82) is 0 Å². The van der Waals surface area contributed by atoms with E-state index in [4.69, 9.17) is 10.7 Å². The predicted octanol–water partition coefficient (Wildman–Crippen LogP) is 10.9. The molecule has 8 aromatic rings. The molecular formula is C51H42N4. The van der Waals surface area contributed by atoms with Gasteiger partial charge in [0, 0.05) is 45.5 Å². The van der Waals surface area contributed by atoms with Gasteiger partial charge in [-0.25, -0.2) is 4.99 Å². The maximum absolute atomic E-state index is 6.79. The first-order valence-corrected chi connectivity index (χ1v) is 19.0. The van der Waals surface area contributed by atoms with E-state index in [9.17, 15) is 0 Å². The number of para-hydroxylation sites is 2. The van der Waals surface area contributed by atoms with Gasteiger partial charge in [-0.1, -0.05) is 110 Å². The summed E-state index contributed by atoms with van der Waals surface area (Å²) >= 11 is 0. The summed E-state index contributed by atoms with van der Waals surface area (Å²) < 4.78 is 4.57. The van der Waals surface area contributed by atoms with Crippen LogP contribution in [0.3, 0.4) is 0 Å². The van der Waals surface area contributed by atoms with Crippen molar-refractivity contribution in [2.24, 2.45) is 10.7 Å². The molecule has 2 heterocycles. The van der Waals surface area contributed by atoms with Gasteiger partial charge in [0.05, 0.1) is 22.1 Å². The molecule has 0 spiro atoms. The lowest BCUT2D eigenvalue weighted by Crippen LogP contribution is -2.28. The van der Waals surface area contributed by atoms with Crippen molar-refractivity contribution in [3.05, 3.63) is 203 Å². The number of aliphatic imine (C=N–C) groups is 1. The highest BCUT2D eigenvalue weighted by molar-refractivity contribution is 6.01. The molecule has 2 N–H and O–H groups in total. The van der Waals surface area contributed by atoms with E-state index in [1.54, 1.807) is 0 Å². The van der Waals surface area contributed by atoms with E-state index < -0.39 is 0 Å². The van der Waals surface area contributed by atoms with Crippen LogP contribution in [0.25, 0.3) is 61.7 Å². The minimum Gasteiger partial charge on any atom is -0.383 e. The Kier molecular flexibility index (Phi) is 8.93. The standard InChI is InChI=1S/C51H42N4/c1-3-15-48-42(4-2)46-33-39-30-31-54(40-19-9-6-10-20-40)49(39)34-50(46)55(48)41-27-24-36(25-28-41)51(52)53-47-23-14-11-18-38(47)32-37-26-29-44(35-16-7-5-8-17-35)45-22-13-12-21-43(37)45/h3-4,6-7,9-31,33-34H,1,5,8,32H2,2H3,(H2,52,53)/b42-4-,48-15+. The van der Waals surface area contributed by atoms with Crippen molar-refractivity contribution >= 4 is 61.8 Å².